The first-order valence-corrected chi connectivity index (χ1v) is 4.43. The number of halogens is 1. The summed E-state index contributed by atoms with van der Waals surface area (Å²) in [5.74, 6) is 0. The molecule has 0 aromatic heterocycles. The summed E-state index contributed by atoms with van der Waals surface area (Å²) in [4.78, 5) is 0. The predicted octanol–water partition coefficient (Wildman–Crippen LogP) is 3.50. The van der Waals surface area contributed by atoms with Crippen LogP contribution >= 0.6 is 11.6 Å². The number of nitriles is 1. The van der Waals surface area contributed by atoms with Gasteiger partial charge in [-0.3, -0.25) is 0 Å². The number of alkyl halides is 1. The van der Waals surface area contributed by atoms with Crippen LogP contribution in [0.15, 0.2) is 24.8 Å². The van der Waals surface area contributed by atoms with Crippen molar-refractivity contribution in [3.8, 4) is 6.07 Å². The van der Waals surface area contributed by atoms with Gasteiger partial charge in [-0.05, 0) is 24.1 Å². The molecule has 1 aromatic carbocycles. The second-order valence-electron chi connectivity index (χ2n) is 2.78. The van der Waals surface area contributed by atoms with E-state index >= 15 is 0 Å². The van der Waals surface area contributed by atoms with E-state index in [1.807, 2.05) is 19.1 Å². The Labute approximate surface area is 83.3 Å². The lowest BCUT2D eigenvalue weighted by Gasteiger charge is -2.04. The van der Waals surface area contributed by atoms with Crippen molar-refractivity contribution in [3.05, 3.63) is 41.5 Å². The first kappa shape index (κ1) is 9.83. The minimum Gasteiger partial charge on any atom is -0.192 e. The van der Waals surface area contributed by atoms with Crippen LogP contribution in [0.4, 0.5) is 0 Å². The number of benzene rings is 1. The molecule has 0 N–H and O–H groups in total. The summed E-state index contributed by atoms with van der Waals surface area (Å²) in [6.07, 6.45) is 1.67. The number of rotatable bonds is 2. The largest absolute Gasteiger partial charge is 0.192 e. The molecule has 0 fully saturated rings. The third-order valence-corrected chi connectivity index (χ3v) is 2.13. The van der Waals surface area contributed by atoms with E-state index in [2.05, 4.69) is 12.6 Å². The molecule has 0 aliphatic carbocycles. The molecule has 1 aromatic rings. The minimum absolute atomic E-state index is 0.0639. The molecule has 66 valence electrons. The summed E-state index contributed by atoms with van der Waals surface area (Å²) in [6.45, 7) is 5.51. The molecule has 0 heterocycles. The van der Waals surface area contributed by atoms with Gasteiger partial charge in [0.25, 0.3) is 0 Å². The minimum atomic E-state index is -0.0639. The molecule has 0 saturated carbocycles. The van der Waals surface area contributed by atoms with Crippen LogP contribution in [-0.2, 0) is 0 Å². The lowest BCUT2D eigenvalue weighted by molar-refractivity contribution is 1.08. The molecule has 0 aliphatic heterocycles. The fourth-order valence-corrected chi connectivity index (χ4v) is 1.23. The van der Waals surface area contributed by atoms with Gasteiger partial charge in [0.2, 0.25) is 0 Å². The van der Waals surface area contributed by atoms with E-state index in [1.165, 1.54) is 0 Å². The summed E-state index contributed by atoms with van der Waals surface area (Å²) in [5.41, 5.74) is 2.44. The molecular formula is C11H10ClN. The summed E-state index contributed by atoms with van der Waals surface area (Å²) in [7, 11) is 0. The van der Waals surface area contributed by atoms with Gasteiger partial charge in [0.05, 0.1) is 17.0 Å². The quantitative estimate of drug-likeness (QED) is 0.657. The van der Waals surface area contributed by atoms with E-state index in [0.717, 1.165) is 11.1 Å². The fourth-order valence-electron chi connectivity index (χ4n) is 1.10. The van der Waals surface area contributed by atoms with E-state index in [9.17, 15) is 0 Å². The van der Waals surface area contributed by atoms with Crippen LogP contribution in [0.1, 0.15) is 29.0 Å². The topological polar surface area (TPSA) is 23.8 Å². The maximum absolute atomic E-state index is 8.81. The first-order chi connectivity index (χ1) is 6.19. The summed E-state index contributed by atoms with van der Waals surface area (Å²) < 4.78 is 0. The Morgan fingerprint density at radius 3 is 2.77 bits per heavy atom. The zero-order valence-electron chi connectivity index (χ0n) is 7.42. The maximum atomic E-state index is 8.81. The highest BCUT2D eigenvalue weighted by Gasteiger charge is 2.04. The van der Waals surface area contributed by atoms with Crippen molar-refractivity contribution < 1.29 is 0 Å². The molecule has 1 atom stereocenters. The Balaban J connectivity index is 3.23. The molecule has 1 rings (SSSR count). The van der Waals surface area contributed by atoms with E-state index in [0.29, 0.717) is 5.56 Å². The molecule has 0 bridgehead atoms. The van der Waals surface area contributed by atoms with Crippen molar-refractivity contribution in [2.45, 2.75) is 12.3 Å². The number of hydrogen-bond acceptors (Lipinski definition) is 1. The van der Waals surface area contributed by atoms with E-state index in [4.69, 9.17) is 16.9 Å². The molecule has 1 unspecified atom stereocenters. The van der Waals surface area contributed by atoms with Gasteiger partial charge < -0.3 is 0 Å². The van der Waals surface area contributed by atoms with Crippen molar-refractivity contribution >= 4 is 17.7 Å². The number of hydrogen-bond donors (Lipinski definition) is 0. The molecule has 1 nitrogen and oxygen atoms in total. The third kappa shape index (κ3) is 2.11. The van der Waals surface area contributed by atoms with Crippen molar-refractivity contribution in [1.29, 1.82) is 5.26 Å². The lowest BCUT2D eigenvalue weighted by Crippen LogP contribution is -1.88. The van der Waals surface area contributed by atoms with E-state index in [-0.39, 0.29) is 5.38 Å². The molecule has 13 heavy (non-hydrogen) atoms. The smallest absolute Gasteiger partial charge is 0.0998 e. The van der Waals surface area contributed by atoms with Gasteiger partial charge in [-0.25, -0.2) is 0 Å². The van der Waals surface area contributed by atoms with Gasteiger partial charge in [0.15, 0.2) is 0 Å². The second kappa shape index (κ2) is 4.11. The van der Waals surface area contributed by atoms with Gasteiger partial charge in [0, 0.05) is 0 Å². The molecular weight excluding hydrogens is 182 g/mol. The molecule has 2 heteroatoms. The molecule has 0 spiro atoms. The van der Waals surface area contributed by atoms with Crippen molar-refractivity contribution in [2.75, 3.05) is 0 Å². The summed E-state index contributed by atoms with van der Waals surface area (Å²) >= 11 is 5.89. The first-order valence-electron chi connectivity index (χ1n) is 3.99. The Bertz CT molecular complexity index is 361. The molecule has 0 saturated heterocycles. The maximum Gasteiger partial charge on any atom is 0.0998 e. The third-order valence-electron chi connectivity index (χ3n) is 1.88. The number of nitrogens with zero attached hydrogens (tertiary/aromatic N) is 1. The summed E-state index contributed by atoms with van der Waals surface area (Å²) in [6, 6.07) is 7.69. The normalized spacial score (nSPS) is 11.8. The zero-order valence-corrected chi connectivity index (χ0v) is 8.17. The van der Waals surface area contributed by atoms with Gasteiger partial charge in [0.1, 0.15) is 0 Å². The highest BCUT2D eigenvalue weighted by molar-refractivity contribution is 6.20. The van der Waals surface area contributed by atoms with Crippen LogP contribution in [-0.4, -0.2) is 0 Å². The Kier molecular flexibility index (Phi) is 3.11. The van der Waals surface area contributed by atoms with Crippen LogP contribution in [0.25, 0.3) is 6.08 Å². The van der Waals surface area contributed by atoms with Crippen molar-refractivity contribution in [3.63, 3.8) is 0 Å². The van der Waals surface area contributed by atoms with Gasteiger partial charge in [-0.1, -0.05) is 24.8 Å². The van der Waals surface area contributed by atoms with Crippen LogP contribution in [0.3, 0.4) is 0 Å². The van der Waals surface area contributed by atoms with Crippen molar-refractivity contribution in [2.24, 2.45) is 0 Å². The highest BCUT2D eigenvalue weighted by atomic mass is 35.5. The molecule has 0 aliphatic rings. The Hall–Kier alpha value is -1.26. The molecule has 0 radical (unpaired) electrons. The predicted molar refractivity (Wildman–Crippen MR) is 55.5 cm³/mol. The lowest BCUT2D eigenvalue weighted by atomic mass is 10.0. The van der Waals surface area contributed by atoms with Crippen LogP contribution in [0, 0.1) is 11.3 Å². The van der Waals surface area contributed by atoms with Crippen LogP contribution in [0.5, 0.6) is 0 Å². The monoisotopic (exact) mass is 191 g/mol. The Morgan fingerprint density at radius 2 is 2.31 bits per heavy atom. The average molecular weight is 192 g/mol. The van der Waals surface area contributed by atoms with E-state index < -0.39 is 0 Å². The average Bonchev–Trinajstić information content (AvgIpc) is 2.16. The van der Waals surface area contributed by atoms with Crippen LogP contribution in [0.2, 0.25) is 0 Å². The van der Waals surface area contributed by atoms with Gasteiger partial charge >= 0.3 is 0 Å². The highest BCUT2D eigenvalue weighted by Crippen LogP contribution is 2.22. The van der Waals surface area contributed by atoms with E-state index in [1.54, 1.807) is 12.1 Å². The fraction of sp³-hybridized carbons (Fsp3) is 0.182. The SMILES string of the molecule is C=Cc1ccc(C(C)Cl)cc1C#N. The summed E-state index contributed by atoms with van der Waals surface area (Å²) in [5, 5.41) is 8.75. The zero-order chi connectivity index (χ0) is 9.84. The Morgan fingerprint density at radius 1 is 1.62 bits per heavy atom. The standard InChI is InChI=1S/C11H10ClN/c1-3-9-4-5-10(8(2)12)6-11(9)7-13/h3-6,8H,1H2,2H3. The van der Waals surface area contributed by atoms with Gasteiger partial charge in [-0.15, -0.1) is 11.6 Å². The molecule has 0 amide bonds. The van der Waals surface area contributed by atoms with Gasteiger partial charge in [-0.2, -0.15) is 5.26 Å². The van der Waals surface area contributed by atoms with Crippen molar-refractivity contribution in [1.82, 2.24) is 0 Å². The second-order valence-corrected chi connectivity index (χ2v) is 3.43. The van der Waals surface area contributed by atoms with Crippen LogP contribution < -0.4 is 0 Å².